The zero-order valence-corrected chi connectivity index (χ0v) is 16.8. The van der Waals surface area contributed by atoms with E-state index in [9.17, 15) is 4.79 Å². The minimum Gasteiger partial charge on any atom is -0.497 e. The number of benzene rings is 2. The Balaban J connectivity index is 1.71. The van der Waals surface area contributed by atoms with Crippen molar-refractivity contribution in [1.29, 1.82) is 0 Å². The van der Waals surface area contributed by atoms with Gasteiger partial charge in [-0.2, -0.15) is 0 Å². The van der Waals surface area contributed by atoms with E-state index >= 15 is 0 Å². The summed E-state index contributed by atoms with van der Waals surface area (Å²) in [6.45, 7) is 0.803. The highest BCUT2D eigenvalue weighted by Crippen LogP contribution is 2.38. The van der Waals surface area contributed by atoms with Crippen LogP contribution in [0.5, 0.6) is 11.5 Å². The minimum atomic E-state index is 0.0836. The second-order valence-electron chi connectivity index (χ2n) is 6.48. The summed E-state index contributed by atoms with van der Waals surface area (Å²) >= 11 is 3.53. The first kappa shape index (κ1) is 18.8. The van der Waals surface area contributed by atoms with Crippen LogP contribution in [-0.2, 0) is 11.2 Å². The molecule has 5 heteroatoms. The second kappa shape index (κ2) is 8.58. The summed E-state index contributed by atoms with van der Waals surface area (Å²) in [5.41, 5.74) is 2.20. The summed E-state index contributed by atoms with van der Waals surface area (Å²) in [5, 5.41) is 0. The number of aryl methyl sites for hydroxylation is 1. The molecular formula is C21H24BrNO3. The maximum Gasteiger partial charge on any atom is 0.223 e. The Bertz CT molecular complexity index is 778. The van der Waals surface area contributed by atoms with Gasteiger partial charge < -0.3 is 14.4 Å². The van der Waals surface area contributed by atoms with Crippen molar-refractivity contribution in [3.8, 4) is 11.5 Å². The average Bonchev–Trinajstić information content (AvgIpc) is 3.16. The highest BCUT2D eigenvalue weighted by atomic mass is 79.9. The van der Waals surface area contributed by atoms with E-state index in [1.165, 1.54) is 0 Å². The first-order valence-electron chi connectivity index (χ1n) is 8.88. The predicted molar refractivity (Wildman–Crippen MR) is 106 cm³/mol. The molecule has 0 aliphatic carbocycles. The fraction of sp³-hybridized carbons (Fsp3) is 0.381. The van der Waals surface area contributed by atoms with Crippen LogP contribution in [0.15, 0.2) is 46.9 Å². The normalized spacial score (nSPS) is 16.6. The second-order valence-corrected chi connectivity index (χ2v) is 7.40. The van der Waals surface area contributed by atoms with E-state index in [0.29, 0.717) is 6.42 Å². The molecule has 1 heterocycles. The summed E-state index contributed by atoms with van der Waals surface area (Å²) in [6.07, 6.45) is 3.21. The first-order chi connectivity index (χ1) is 12.6. The quantitative estimate of drug-likeness (QED) is 0.679. The predicted octanol–water partition coefficient (Wildman–Crippen LogP) is 4.76. The number of nitrogens with zero attached hydrogens (tertiary/aromatic N) is 1. The molecule has 1 atom stereocenters. The fourth-order valence-electron chi connectivity index (χ4n) is 3.58. The third-order valence-corrected chi connectivity index (χ3v) is 5.38. The van der Waals surface area contributed by atoms with Gasteiger partial charge in [0.05, 0.1) is 20.3 Å². The number of rotatable bonds is 6. The Labute approximate surface area is 163 Å². The lowest BCUT2D eigenvalue weighted by Gasteiger charge is -2.26. The van der Waals surface area contributed by atoms with Crippen LogP contribution < -0.4 is 9.47 Å². The molecule has 4 nitrogen and oxygen atoms in total. The molecule has 0 bridgehead atoms. The lowest BCUT2D eigenvalue weighted by Crippen LogP contribution is -2.31. The highest BCUT2D eigenvalue weighted by Gasteiger charge is 2.31. The van der Waals surface area contributed by atoms with Gasteiger partial charge in [-0.15, -0.1) is 0 Å². The minimum absolute atomic E-state index is 0.0836. The number of hydrogen-bond donors (Lipinski definition) is 0. The topological polar surface area (TPSA) is 38.8 Å². The van der Waals surface area contributed by atoms with Crippen LogP contribution in [0.3, 0.4) is 0 Å². The lowest BCUT2D eigenvalue weighted by molar-refractivity contribution is -0.132. The van der Waals surface area contributed by atoms with Crippen molar-refractivity contribution in [3.05, 3.63) is 58.1 Å². The maximum absolute atomic E-state index is 12.9. The molecule has 0 spiro atoms. The molecule has 0 radical (unpaired) electrons. The molecule has 1 amide bonds. The molecule has 3 rings (SSSR count). The third-order valence-electron chi connectivity index (χ3n) is 4.89. The number of carbonyl (C=O) groups is 1. The number of ether oxygens (including phenoxy) is 2. The van der Waals surface area contributed by atoms with Crippen LogP contribution in [-0.4, -0.2) is 31.6 Å². The standard InChI is InChI=1S/C21H24BrNO3/c1-25-17-6-3-5-15(13-17)8-11-21(24)23-12-4-7-19(23)18-14-16(22)9-10-20(18)26-2/h3,5-6,9-10,13-14,19H,4,7-8,11-12H2,1-2H3. The molecule has 0 saturated carbocycles. The van der Waals surface area contributed by atoms with Gasteiger partial charge >= 0.3 is 0 Å². The Kier molecular flexibility index (Phi) is 6.20. The van der Waals surface area contributed by atoms with Crippen molar-refractivity contribution in [2.24, 2.45) is 0 Å². The van der Waals surface area contributed by atoms with E-state index < -0.39 is 0 Å². The monoisotopic (exact) mass is 417 g/mol. The van der Waals surface area contributed by atoms with Gasteiger partial charge in [-0.25, -0.2) is 0 Å². The number of amides is 1. The molecule has 1 unspecified atom stereocenters. The van der Waals surface area contributed by atoms with Crippen LogP contribution in [0.4, 0.5) is 0 Å². The number of methoxy groups -OCH3 is 2. The maximum atomic E-state index is 12.9. The van der Waals surface area contributed by atoms with Gasteiger partial charge in [0.25, 0.3) is 0 Å². The van der Waals surface area contributed by atoms with E-state index in [-0.39, 0.29) is 11.9 Å². The van der Waals surface area contributed by atoms with Gasteiger partial charge in [0.2, 0.25) is 5.91 Å². The van der Waals surface area contributed by atoms with Crippen molar-refractivity contribution in [2.75, 3.05) is 20.8 Å². The summed E-state index contributed by atoms with van der Waals surface area (Å²) < 4.78 is 11.8. The van der Waals surface area contributed by atoms with Crippen molar-refractivity contribution in [1.82, 2.24) is 4.90 Å². The zero-order chi connectivity index (χ0) is 18.5. The number of halogens is 1. The summed E-state index contributed by atoms with van der Waals surface area (Å²) in [4.78, 5) is 14.9. The van der Waals surface area contributed by atoms with Crippen LogP contribution in [0.2, 0.25) is 0 Å². The van der Waals surface area contributed by atoms with Gasteiger partial charge in [0.1, 0.15) is 11.5 Å². The Morgan fingerprint density at radius 2 is 2.04 bits per heavy atom. The van der Waals surface area contributed by atoms with E-state index in [1.54, 1.807) is 14.2 Å². The molecule has 0 aromatic heterocycles. The smallest absolute Gasteiger partial charge is 0.223 e. The SMILES string of the molecule is COc1cccc(CCC(=O)N2CCCC2c2cc(Br)ccc2OC)c1. The number of carbonyl (C=O) groups excluding carboxylic acids is 1. The molecule has 1 aliphatic heterocycles. The van der Waals surface area contributed by atoms with Gasteiger partial charge in [-0.05, 0) is 55.2 Å². The lowest BCUT2D eigenvalue weighted by atomic mass is 10.0. The number of hydrogen-bond acceptors (Lipinski definition) is 3. The average molecular weight is 418 g/mol. The van der Waals surface area contributed by atoms with Gasteiger partial charge in [0, 0.05) is 23.0 Å². The van der Waals surface area contributed by atoms with Crippen molar-refractivity contribution >= 4 is 21.8 Å². The van der Waals surface area contributed by atoms with Gasteiger partial charge in [-0.1, -0.05) is 28.1 Å². The summed E-state index contributed by atoms with van der Waals surface area (Å²) in [5.74, 6) is 1.86. The van der Waals surface area contributed by atoms with E-state index in [2.05, 4.69) is 22.0 Å². The van der Waals surface area contributed by atoms with E-state index in [4.69, 9.17) is 9.47 Å². The van der Waals surface area contributed by atoms with Crippen molar-refractivity contribution in [3.63, 3.8) is 0 Å². The van der Waals surface area contributed by atoms with Crippen LogP contribution in [0, 0.1) is 0 Å². The molecule has 2 aromatic rings. The highest BCUT2D eigenvalue weighted by molar-refractivity contribution is 9.10. The van der Waals surface area contributed by atoms with Gasteiger partial charge in [-0.3, -0.25) is 4.79 Å². The zero-order valence-electron chi connectivity index (χ0n) is 15.2. The Morgan fingerprint density at radius 1 is 1.19 bits per heavy atom. The van der Waals surface area contributed by atoms with Crippen LogP contribution in [0.25, 0.3) is 0 Å². The first-order valence-corrected chi connectivity index (χ1v) is 9.67. The molecule has 138 valence electrons. The van der Waals surface area contributed by atoms with Crippen LogP contribution in [0.1, 0.15) is 36.4 Å². The Morgan fingerprint density at radius 3 is 2.81 bits per heavy atom. The van der Waals surface area contributed by atoms with Gasteiger partial charge in [0.15, 0.2) is 0 Å². The number of likely N-dealkylation sites (tertiary alicyclic amines) is 1. The molecule has 1 aliphatic rings. The van der Waals surface area contributed by atoms with E-state index in [0.717, 1.165) is 52.9 Å². The molecule has 26 heavy (non-hydrogen) atoms. The molecule has 1 fully saturated rings. The Hall–Kier alpha value is -2.01. The summed E-state index contributed by atoms with van der Waals surface area (Å²) in [6, 6.07) is 14.0. The van der Waals surface area contributed by atoms with Crippen molar-refractivity contribution in [2.45, 2.75) is 31.7 Å². The third kappa shape index (κ3) is 4.21. The molecular weight excluding hydrogens is 394 g/mol. The fourth-order valence-corrected chi connectivity index (χ4v) is 3.96. The molecule has 0 N–H and O–H groups in total. The van der Waals surface area contributed by atoms with Crippen molar-refractivity contribution < 1.29 is 14.3 Å². The summed E-state index contributed by atoms with van der Waals surface area (Å²) in [7, 11) is 3.33. The molecule has 1 saturated heterocycles. The largest absolute Gasteiger partial charge is 0.497 e. The van der Waals surface area contributed by atoms with E-state index in [1.807, 2.05) is 41.3 Å². The van der Waals surface area contributed by atoms with Crippen LogP contribution >= 0.6 is 15.9 Å². The molecule has 2 aromatic carbocycles.